The van der Waals surface area contributed by atoms with Gasteiger partial charge in [-0.3, -0.25) is 5.10 Å². The lowest BCUT2D eigenvalue weighted by molar-refractivity contribution is 0.0950. The average Bonchev–Trinajstić information content (AvgIpc) is 3.16. The molecule has 1 aliphatic rings. The first kappa shape index (κ1) is 14.6. The lowest BCUT2D eigenvalue weighted by atomic mass is 10.1. The van der Waals surface area contributed by atoms with E-state index in [9.17, 15) is 0 Å². The number of methoxy groups -OCH3 is 1. The Hall–Kier alpha value is -1.37. The molecule has 2 heterocycles. The molecule has 6 heteroatoms. The maximum Gasteiger partial charge on any atom is 0.123 e. The number of rotatable bonds is 5. The van der Waals surface area contributed by atoms with Crippen molar-refractivity contribution in [3.05, 3.63) is 46.2 Å². The lowest BCUT2D eigenvalue weighted by Crippen LogP contribution is -2.31. The predicted molar refractivity (Wildman–Crippen MR) is 83.2 cm³/mol. The minimum absolute atomic E-state index is 0.0330. The van der Waals surface area contributed by atoms with Crippen LogP contribution in [0, 0.1) is 0 Å². The molecule has 0 unspecified atom stereocenters. The molecule has 1 aromatic carbocycles. The smallest absolute Gasteiger partial charge is 0.123 e. The highest BCUT2D eigenvalue weighted by atomic mass is 79.9. The van der Waals surface area contributed by atoms with E-state index in [1.165, 1.54) is 0 Å². The van der Waals surface area contributed by atoms with E-state index < -0.39 is 0 Å². The van der Waals surface area contributed by atoms with Crippen LogP contribution in [-0.4, -0.2) is 30.0 Å². The molecule has 1 saturated heterocycles. The van der Waals surface area contributed by atoms with Crippen LogP contribution in [0.1, 0.15) is 23.8 Å². The third kappa shape index (κ3) is 3.28. The molecule has 0 radical (unpaired) electrons. The van der Waals surface area contributed by atoms with Crippen LogP contribution in [0.2, 0.25) is 0 Å². The fourth-order valence-electron chi connectivity index (χ4n) is 2.66. The zero-order chi connectivity index (χ0) is 14.7. The van der Waals surface area contributed by atoms with Gasteiger partial charge in [0.2, 0.25) is 0 Å². The molecule has 112 valence electrons. The van der Waals surface area contributed by atoms with Crippen molar-refractivity contribution in [2.24, 2.45) is 0 Å². The number of hydrogen-bond donors (Lipinski definition) is 2. The summed E-state index contributed by atoms with van der Waals surface area (Å²) in [6.45, 7) is 1.50. The van der Waals surface area contributed by atoms with Gasteiger partial charge in [-0.15, -0.1) is 0 Å². The molecule has 21 heavy (non-hydrogen) atoms. The first-order valence-corrected chi connectivity index (χ1v) is 7.74. The van der Waals surface area contributed by atoms with E-state index in [1.807, 2.05) is 18.2 Å². The Bertz CT molecular complexity index is 589. The summed E-state index contributed by atoms with van der Waals surface area (Å²) in [5, 5.41) is 10.6. The largest absolute Gasteiger partial charge is 0.496 e. The van der Waals surface area contributed by atoms with Crippen LogP contribution in [0.4, 0.5) is 0 Å². The number of H-pyrrole nitrogens is 1. The number of benzene rings is 1. The van der Waals surface area contributed by atoms with E-state index in [2.05, 4.69) is 37.5 Å². The van der Waals surface area contributed by atoms with Crippen LogP contribution in [0.25, 0.3) is 0 Å². The summed E-state index contributed by atoms with van der Waals surface area (Å²) < 4.78 is 12.3. The van der Waals surface area contributed by atoms with Gasteiger partial charge in [0.05, 0.1) is 12.8 Å². The second-order valence-electron chi connectivity index (χ2n) is 5.04. The maximum atomic E-state index is 5.80. The third-order valence-electron chi connectivity index (χ3n) is 3.72. The fraction of sp³-hybridized carbons (Fsp3) is 0.400. The Morgan fingerprint density at radius 2 is 2.38 bits per heavy atom. The summed E-state index contributed by atoms with van der Waals surface area (Å²) in [7, 11) is 1.69. The second kappa shape index (κ2) is 6.60. The fourth-order valence-corrected chi connectivity index (χ4v) is 3.07. The Kier molecular flexibility index (Phi) is 4.57. The van der Waals surface area contributed by atoms with E-state index in [1.54, 1.807) is 13.3 Å². The Morgan fingerprint density at radius 1 is 1.48 bits per heavy atom. The van der Waals surface area contributed by atoms with Crippen LogP contribution in [0.15, 0.2) is 34.9 Å². The molecular weight excluding hydrogens is 334 g/mol. The quantitative estimate of drug-likeness (QED) is 0.869. The number of nitrogens with one attached hydrogen (secondary N) is 2. The summed E-state index contributed by atoms with van der Waals surface area (Å²) in [6.07, 6.45) is 2.77. The van der Waals surface area contributed by atoms with Crippen molar-refractivity contribution in [2.45, 2.75) is 25.1 Å². The van der Waals surface area contributed by atoms with Gasteiger partial charge in [-0.2, -0.15) is 5.10 Å². The van der Waals surface area contributed by atoms with Gasteiger partial charge in [-0.1, -0.05) is 15.9 Å². The normalized spacial score (nSPS) is 21.6. The molecule has 5 nitrogen and oxygen atoms in total. The van der Waals surface area contributed by atoms with Gasteiger partial charge in [-0.05, 0) is 30.7 Å². The lowest BCUT2D eigenvalue weighted by Gasteiger charge is -2.19. The monoisotopic (exact) mass is 351 g/mol. The van der Waals surface area contributed by atoms with Gasteiger partial charge in [-0.25, -0.2) is 0 Å². The molecule has 2 aromatic rings. The number of aromatic amines is 1. The minimum atomic E-state index is 0.0330. The number of ether oxygens (including phenoxy) is 2. The highest BCUT2D eigenvalue weighted by molar-refractivity contribution is 9.10. The number of hydrogen-bond acceptors (Lipinski definition) is 4. The third-order valence-corrected chi connectivity index (χ3v) is 4.21. The molecule has 1 aromatic heterocycles. The van der Waals surface area contributed by atoms with Gasteiger partial charge < -0.3 is 14.8 Å². The summed E-state index contributed by atoms with van der Waals surface area (Å²) in [5.41, 5.74) is 2.15. The van der Waals surface area contributed by atoms with Crippen LogP contribution in [0.5, 0.6) is 5.75 Å². The Labute approximate surface area is 132 Å². The van der Waals surface area contributed by atoms with Crippen molar-refractivity contribution in [1.82, 2.24) is 15.5 Å². The van der Waals surface area contributed by atoms with Crippen molar-refractivity contribution < 1.29 is 9.47 Å². The summed E-state index contributed by atoms with van der Waals surface area (Å²) >= 11 is 3.50. The van der Waals surface area contributed by atoms with E-state index in [0.717, 1.165) is 41.1 Å². The molecule has 0 amide bonds. The zero-order valence-corrected chi connectivity index (χ0v) is 13.4. The summed E-state index contributed by atoms with van der Waals surface area (Å²) in [4.78, 5) is 0. The molecule has 0 saturated carbocycles. The molecule has 1 aliphatic heterocycles. The van der Waals surface area contributed by atoms with Crippen LogP contribution in [-0.2, 0) is 11.3 Å². The van der Waals surface area contributed by atoms with Gasteiger partial charge >= 0.3 is 0 Å². The highest BCUT2D eigenvalue weighted by Gasteiger charge is 2.30. The topological polar surface area (TPSA) is 59.2 Å². The van der Waals surface area contributed by atoms with Crippen molar-refractivity contribution >= 4 is 15.9 Å². The van der Waals surface area contributed by atoms with Crippen molar-refractivity contribution in [3.8, 4) is 5.75 Å². The Morgan fingerprint density at radius 3 is 3.14 bits per heavy atom. The predicted octanol–water partition coefficient (Wildman–Crippen LogP) is 2.80. The van der Waals surface area contributed by atoms with E-state index in [-0.39, 0.29) is 12.1 Å². The van der Waals surface area contributed by atoms with Crippen molar-refractivity contribution in [1.29, 1.82) is 0 Å². The molecule has 1 fully saturated rings. The zero-order valence-electron chi connectivity index (χ0n) is 11.8. The average molecular weight is 352 g/mol. The van der Waals surface area contributed by atoms with E-state index >= 15 is 0 Å². The number of halogens is 1. The summed E-state index contributed by atoms with van der Waals surface area (Å²) in [5.74, 6) is 0.891. The highest BCUT2D eigenvalue weighted by Crippen LogP contribution is 2.29. The minimum Gasteiger partial charge on any atom is -0.496 e. The van der Waals surface area contributed by atoms with Crippen LogP contribution >= 0.6 is 15.9 Å². The van der Waals surface area contributed by atoms with Gasteiger partial charge in [0, 0.05) is 35.4 Å². The molecule has 0 aliphatic carbocycles. The molecule has 2 N–H and O–H groups in total. The SMILES string of the molecule is COc1ccc(Br)cc1CN[C@H]1CCO[C@@H]1c1ccn[nH]1. The standard InChI is InChI=1S/C15H18BrN3O2/c1-20-14-3-2-11(16)8-10(14)9-17-12-5-7-21-15(12)13-4-6-18-19-13/h2-4,6,8,12,15,17H,5,7,9H2,1H3,(H,18,19)/t12-,15-/m0/s1. The van der Waals surface area contributed by atoms with Gasteiger partial charge in [0.1, 0.15) is 11.9 Å². The second-order valence-corrected chi connectivity index (χ2v) is 5.95. The molecule has 3 rings (SSSR count). The summed E-state index contributed by atoms with van der Waals surface area (Å²) in [6, 6.07) is 8.26. The van der Waals surface area contributed by atoms with Crippen molar-refractivity contribution in [3.63, 3.8) is 0 Å². The molecule has 0 bridgehead atoms. The first-order valence-electron chi connectivity index (χ1n) is 6.94. The molecular formula is C15H18BrN3O2. The number of aromatic nitrogens is 2. The number of nitrogens with zero attached hydrogens (tertiary/aromatic N) is 1. The first-order chi connectivity index (χ1) is 10.3. The van der Waals surface area contributed by atoms with Gasteiger partial charge in [0.25, 0.3) is 0 Å². The Balaban J connectivity index is 1.68. The molecule has 0 spiro atoms. The molecule has 2 atom stereocenters. The van der Waals surface area contributed by atoms with E-state index in [4.69, 9.17) is 9.47 Å². The van der Waals surface area contributed by atoms with Gasteiger partial charge in [0.15, 0.2) is 0 Å². The van der Waals surface area contributed by atoms with Crippen LogP contribution in [0.3, 0.4) is 0 Å². The van der Waals surface area contributed by atoms with Crippen LogP contribution < -0.4 is 10.1 Å². The van der Waals surface area contributed by atoms with E-state index in [0.29, 0.717) is 0 Å². The maximum absolute atomic E-state index is 5.80. The van der Waals surface area contributed by atoms with Crippen molar-refractivity contribution in [2.75, 3.05) is 13.7 Å².